The van der Waals surface area contributed by atoms with Crippen LogP contribution >= 0.6 is 0 Å². The van der Waals surface area contributed by atoms with E-state index in [1.807, 2.05) is 0 Å². The van der Waals surface area contributed by atoms with Crippen LogP contribution in [0.5, 0.6) is 11.5 Å². The van der Waals surface area contributed by atoms with Crippen LogP contribution in [0.2, 0.25) is 0 Å². The highest BCUT2D eigenvalue weighted by Gasteiger charge is 2.53. The summed E-state index contributed by atoms with van der Waals surface area (Å²) in [5.41, 5.74) is 0.975. The van der Waals surface area contributed by atoms with E-state index in [9.17, 15) is 28.1 Å². The van der Waals surface area contributed by atoms with Gasteiger partial charge in [0.1, 0.15) is 11.5 Å². The minimum absolute atomic E-state index is 0.145. The fraction of sp³-hybridized carbons (Fsp3) is 0.0714. The van der Waals surface area contributed by atoms with Crippen LogP contribution in [0, 0.1) is 10.1 Å². The number of hydrogen-bond acceptors (Lipinski definition) is 8. The Labute approximate surface area is 227 Å². The fourth-order valence-electron chi connectivity index (χ4n) is 4.98. The Hall–Kier alpha value is -5.23. The molecule has 0 bridgehead atoms. The molecule has 12 heteroatoms. The first-order chi connectivity index (χ1) is 19.1. The number of non-ortho nitro benzene ring substituents is 1. The van der Waals surface area contributed by atoms with Gasteiger partial charge in [-0.05, 0) is 42.5 Å². The van der Waals surface area contributed by atoms with Crippen LogP contribution in [0.4, 0.5) is 17.1 Å². The molecular weight excluding hydrogens is 538 g/mol. The largest absolute Gasteiger partial charge is 0.456 e. The molecule has 1 amide bonds. The van der Waals surface area contributed by atoms with Crippen LogP contribution in [0.3, 0.4) is 0 Å². The predicted molar refractivity (Wildman–Crippen MR) is 143 cm³/mol. The summed E-state index contributed by atoms with van der Waals surface area (Å²) in [6.07, 6.45) is 0. The maximum atomic E-state index is 13.0. The SMILES string of the molecule is CC(=O)Nc1ccc2c(c1)Oc1cc(NS(=O)(=O)c3ccc([N+](=O)[O-])cc3)ccc1C21OC(=O)c2ccccc21. The van der Waals surface area contributed by atoms with Crippen molar-refractivity contribution in [2.75, 3.05) is 10.0 Å². The normalized spacial score (nSPS) is 16.7. The third kappa shape index (κ3) is 3.93. The number of hydrogen-bond donors (Lipinski definition) is 2. The molecule has 2 aliphatic rings. The van der Waals surface area contributed by atoms with Crippen molar-refractivity contribution >= 4 is 39.0 Å². The molecule has 0 saturated heterocycles. The van der Waals surface area contributed by atoms with E-state index in [-0.39, 0.29) is 27.9 Å². The number of nitro benzene ring substituents is 1. The summed E-state index contributed by atoms with van der Waals surface area (Å²) < 4.78 is 40.8. The Morgan fingerprint density at radius 3 is 2.15 bits per heavy atom. The van der Waals surface area contributed by atoms with Crippen LogP contribution in [0.1, 0.15) is 34.0 Å². The van der Waals surface area contributed by atoms with E-state index in [1.54, 1.807) is 48.5 Å². The molecule has 1 unspecified atom stereocenters. The first-order valence-corrected chi connectivity index (χ1v) is 13.4. The second-order valence-corrected chi connectivity index (χ2v) is 10.9. The van der Waals surface area contributed by atoms with Crippen molar-refractivity contribution in [3.8, 4) is 11.5 Å². The summed E-state index contributed by atoms with van der Waals surface area (Å²) in [6, 6.07) is 21.0. The molecule has 6 rings (SSSR count). The van der Waals surface area contributed by atoms with Gasteiger partial charge in [-0.2, -0.15) is 0 Å². The number of carbonyl (C=O) groups is 2. The molecule has 0 fully saturated rings. The van der Waals surface area contributed by atoms with Gasteiger partial charge in [0.15, 0.2) is 5.60 Å². The van der Waals surface area contributed by atoms with Gasteiger partial charge in [0.25, 0.3) is 15.7 Å². The van der Waals surface area contributed by atoms with Crippen LogP contribution in [-0.4, -0.2) is 25.2 Å². The van der Waals surface area contributed by atoms with Crippen molar-refractivity contribution in [2.45, 2.75) is 17.4 Å². The van der Waals surface area contributed by atoms with Crippen molar-refractivity contribution in [3.05, 3.63) is 117 Å². The van der Waals surface area contributed by atoms with E-state index in [0.29, 0.717) is 33.7 Å². The van der Waals surface area contributed by atoms with Gasteiger partial charge in [-0.1, -0.05) is 18.2 Å². The summed E-state index contributed by atoms with van der Waals surface area (Å²) in [4.78, 5) is 34.8. The van der Waals surface area contributed by atoms with E-state index in [2.05, 4.69) is 10.0 Å². The van der Waals surface area contributed by atoms with Crippen molar-refractivity contribution in [1.82, 2.24) is 0 Å². The molecule has 1 spiro atoms. The molecule has 2 heterocycles. The lowest BCUT2D eigenvalue weighted by Crippen LogP contribution is -2.33. The molecule has 4 aromatic carbocycles. The molecule has 1 atom stereocenters. The topological polar surface area (TPSA) is 154 Å². The summed E-state index contributed by atoms with van der Waals surface area (Å²) in [5.74, 6) is -0.283. The lowest BCUT2D eigenvalue weighted by Gasteiger charge is -2.36. The highest BCUT2D eigenvalue weighted by Crippen LogP contribution is 2.56. The summed E-state index contributed by atoms with van der Waals surface area (Å²) in [5, 5.41) is 13.6. The number of fused-ring (bicyclic) bond motifs is 6. The maximum Gasteiger partial charge on any atom is 0.340 e. The van der Waals surface area contributed by atoms with Gasteiger partial charge < -0.3 is 14.8 Å². The molecule has 0 aliphatic carbocycles. The van der Waals surface area contributed by atoms with Gasteiger partial charge >= 0.3 is 5.97 Å². The Morgan fingerprint density at radius 1 is 0.875 bits per heavy atom. The molecule has 0 saturated carbocycles. The Balaban J connectivity index is 1.46. The third-order valence-electron chi connectivity index (χ3n) is 6.64. The van der Waals surface area contributed by atoms with Gasteiger partial charge in [-0.15, -0.1) is 0 Å². The number of esters is 1. The number of ether oxygens (including phenoxy) is 2. The zero-order valence-corrected chi connectivity index (χ0v) is 21.5. The summed E-state index contributed by atoms with van der Waals surface area (Å²) in [7, 11) is -4.11. The second-order valence-electron chi connectivity index (χ2n) is 9.18. The molecule has 11 nitrogen and oxygen atoms in total. The summed E-state index contributed by atoms with van der Waals surface area (Å²) in [6.45, 7) is 1.37. The minimum atomic E-state index is -4.11. The quantitative estimate of drug-likeness (QED) is 0.199. The highest BCUT2D eigenvalue weighted by atomic mass is 32.2. The number of rotatable bonds is 5. The van der Waals surface area contributed by atoms with Gasteiger partial charge in [0.05, 0.1) is 21.1 Å². The number of nitrogens with one attached hydrogen (secondary N) is 2. The zero-order valence-electron chi connectivity index (χ0n) is 20.7. The number of nitrogens with zero attached hydrogens (tertiary/aromatic N) is 1. The molecule has 4 aromatic rings. The smallest absolute Gasteiger partial charge is 0.340 e. The Bertz CT molecular complexity index is 1850. The third-order valence-corrected chi connectivity index (χ3v) is 8.04. The van der Waals surface area contributed by atoms with Crippen LogP contribution in [0.15, 0.2) is 89.8 Å². The van der Waals surface area contributed by atoms with Gasteiger partial charge in [-0.25, -0.2) is 13.2 Å². The van der Waals surface area contributed by atoms with Gasteiger partial charge in [0, 0.05) is 53.6 Å². The van der Waals surface area contributed by atoms with Crippen molar-refractivity contribution < 1.29 is 32.4 Å². The Morgan fingerprint density at radius 2 is 1.50 bits per heavy atom. The first kappa shape index (κ1) is 25.1. The Kier molecular flexibility index (Phi) is 5.59. The molecule has 0 aromatic heterocycles. The maximum absolute atomic E-state index is 13.0. The molecule has 2 N–H and O–H groups in total. The van der Waals surface area contributed by atoms with Crippen LogP contribution in [0.25, 0.3) is 0 Å². The molecule has 0 radical (unpaired) electrons. The van der Waals surface area contributed by atoms with Gasteiger partial charge in [0.2, 0.25) is 5.91 Å². The number of anilines is 2. The van der Waals surface area contributed by atoms with Gasteiger partial charge in [-0.3, -0.25) is 19.6 Å². The fourth-order valence-corrected chi connectivity index (χ4v) is 6.03. The lowest BCUT2D eigenvalue weighted by molar-refractivity contribution is -0.384. The first-order valence-electron chi connectivity index (χ1n) is 11.9. The average molecular weight is 558 g/mol. The van der Waals surface area contributed by atoms with Crippen molar-refractivity contribution in [2.24, 2.45) is 0 Å². The zero-order chi connectivity index (χ0) is 28.2. The van der Waals surface area contributed by atoms with E-state index in [1.165, 1.54) is 19.1 Å². The molecule has 200 valence electrons. The summed E-state index contributed by atoms with van der Waals surface area (Å²) >= 11 is 0. The van der Waals surface area contributed by atoms with Crippen LogP contribution in [-0.2, 0) is 25.2 Å². The van der Waals surface area contributed by atoms with E-state index in [4.69, 9.17) is 9.47 Å². The molecular formula is C28H19N3O8S. The van der Waals surface area contributed by atoms with Crippen LogP contribution < -0.4 is 14.8 Å². The number of nitro groups is 1. The standard InChI is InChI=1S/C28H19N3O8S/c1-16(32)29-17-6-12-23-25(14-17)38-26-15-18(30-40(36,37)20-10-8-19(9-11-20)31(34)35)7-13-24(26)28(23)22-5-3-2-4-21(22)27(33)39-28/h2-15,30H,1H3,(H,29,32). The predicted octanol–water partition coefficient (Wildman–Crippen LogP) is 4.92. The molecule has 2 aliphatic heterocycles. The number of benzene rings is 4. The molecule has 40 heavy (non-hydrogen) atoms. The van der Waals surface area contributed by atoms with Crippen molar-refractivity contribution in [3.63, 3.8) is 0 Å². The average Bonchev–Trinajstić information content (AvgIpc) is 3.21. The van der Waals surface area contributed by atoms with E-state index in [0.717, 1.165) is 24.3 Å². The minimum Gasteiger partial charge on any atom is -0.456 e. The van der Waals surface area contributed by atoms with Crippen molar-refractivity contribution in [1.29, 1.82) is 0 Å². The number of amides is 1. The second kappa shape index (κ2) is 8.92. The number of sulfonamides is 1. The lowest BCUT2D eigenvalue weighted by atomic mass is 9.77. The number of carbonyl (C=O) groups excluding carboxylic acids is 2. The monoisotopic (exact) mass is 557 g/mol. The van der Waals surface area contributed by atoms with E-state index < -0.39 is 26.5 Å². The highest BCUT2D eigenvalue weighted by molar-refractivity contribution is 7.92. The van der Waals surface area contributed by atoms with E-state index >= 15 is 0 Å².